The van der Waals surface area contributed by atoms with E-state index in [1.54, 1.807) is 42.5 Å². The van der Waals surface area contributed by atoms with Gasteiger partial charge in [0.2, 0.25) is 0 Å². The number of carbonyl (C=O) groups excluding carboxylic acids is 4. The van der Waals surface area contributed by atoms with Gasteiger partial charge >= 0.3 is 6.03 Å². The molecule has 0 saturated carbocycles. The number of imide groups is 2. The second kappa shape index (κ2) is 11.0. The van der Waals surface area contributed by atoms with Crippen molar-refractivity contribution >= 4 is 41.2 Å². The average molecular weight is 514 g/mol. The maximum atomic E-state index is 13.2. The van der Waals surface area contributed by atoms with Crippen LogP contribution in [-0.4, -0.2) is 37.5 Å². The topological polar surface area (TPSA) is 114 Å². The average Bonchev–Trinajstić information content (AvgIpc) is 2.89. The van der Waals surface area contributed by atoms with Crippen LogP contribution in [-0.2, 0) is 14.4 Å². The Morgan fingerprint density at radius 1 is 0.921 bits per heavy atom. The number of methoxy groups -OCH3 is 1. The van der Waals surface area contributed by atoms with Crippen molar-refractivity contribution in [3.8, 4) is 11.5 Å². The van der Waals surface area contributed by atoms with E-state index in [1.807, 2.05) is 39.0 Å². The third-order valence-corrected chi connectivity index (χ3v) is 6.13. The summed E-state index contributed by atoms with van der Waals surface area (Å²) in [6.07, 6.45) is 1.37. The van der Waals surface area contributed by atoms with E-state index in [4.69, 9.17) is 9.47 Å². The molecule has 38 heavy (non-hydrogen) atoms. The lowest BCUT2D eigenvalue weighted by molar-refractivity contribution is -0.122. The minimum absolute atomic E-state index is 0.212. The summed E-state index contributed by atoms with van der Waals surface area (Å²) < 4.78 is 11.0. The highest BCUT2D eigenvalue weighted by Crippen LogP contribution is 2.30. The van der Waals surface area contributed by atoms with E-state index < -0.39 is 17.8 Å². The molecule has 2 N–H and O–H groups in total. The van der Waals surface area contributed by atoms with Crippen LogP contribution in [0.1, 0.15) is 22.3 Å². The van der Waals surface area contributed by atoms with Crippen molar-refractivity contribution < 1.29 is 28.7 Å². The zero-order valence-electron chi connectivity index (χ0n) is 21.5. The van der Waals surface area contributed by atoms with Gasteiger partial charge in [0, 0.05) is 5.69 Å². The largest absolute Gasteiger partial charge is 0.493 e. The number of benzene rings is 3. The molecule has 9 nitrogen and oxygen atoms in total. The van der Waals surface area contributed by atoms with Crippen LogP contribution in [0.4, 0.5) is 16.2 Å². The highest BCUT2D eigenvalue weighted by atomic mass is 16.5. The first-order valence-corrected chi connectivity index (χ1v) is 11.8. The molecule has 1 heterocycles. The fourth-order valence-electron chi connectivity index (χ4n) is 3.86. The summed E-state index contributed by atoms with van der Waals surface area (Å²) in [4.78, 5) is 51.5. The molecule has 0 bridgehead atoms. The van der Waals surface area contributed by atoms with Crippen molar-refractivity contribution in [3.05, 3.63) is 88.5 Å². The highest BCUT2D eigenvalue weighted by Gasteiger charge is 2.37. The van der Waals surface area contributed by atoms with Crippen molar-refractivity contribution in [2.75, 3.05) is 23.9 Å². The summed E-state index contributed by atoms with van der Waals surface area (Å²) in [5.41, 5.74) is 4.14. The van der Waals surface area contributed by atoms with Crippen LogP contribution in [0.25, 0.3) is 6.08 Å². The molecule has 9 heteroatoms. The van der Waals surface area contributed by atoms with E-state index in [1.165, 1.54) is 13.2 Å². The van der Waals surface area contributed by atoms with Gasteiger partial charge in [-0.3, -0.25) is 19.7 Å². The second-order valence-corrected chi connectivity index (χ2v) is 8.79. The summed E-state index contributed by atoms with van der Waals surface area (Å²) in [7, 11) is 1.44. The zero-order chi connectivity index (χ0) is 27.4. The number of nitrogens with zero attached hydrogens (tertiary/aromatic N) is 1. The number of hydrogen-bond acceptors (Lipinski definition) is 6. The molecule has 5 amide bonds. The maximum Gasteiger partial charge on any atom is 0.335 e. The molecule has 1 aliphatic heterocycles. The molecule has 0 unspecified atom stereocenters. The molecule has 0 spiro atoms. The smallest absolute Gasteiger partial charge is 0.335 e. The van der Waals surface area contributed by atoms with Crippen LogP contribution in [0, 0.1) is 20.8 Å². The molecule has 0 atom stereocenters. The van der Waals surface area contributed by atoms with Crippen LogP contribution in [0.2, 0.25) is 0 Å². The Morgan fingerprint density at radius 3 is 2.39 bits per heavy atom. The first-order chi connectivity index (χ1) is 18.2. The van der Waals surface area contributed by atoms with Crippen molar-refractivity contribution in [2.24, 2.45) is 0 Å². The number of amides is 5. The highest BCUT2D eigenvalue weighted by molar-refractivity contribution is 6.39. The molecular formula is C29H27N3O6. The number of anilines is 2. The predicted molar refractivity (Wildman–Crippen MR) is 143 cm³/mol. The van der Waals surface area contributed by atoms with Crippen LogP contribution >= 0.6 is 0 Å². The molecule has 0 radical (unpaired) electrons. The van der Waals surface area contributed by atoms with Crippen molar-refractivity contribution in [1.29, 1.82) is 0 Å². The Kier molecular flexibility index (Phi) is 7.57. The van der Waals surface area contributed by atoms with Gasteiger partial charge in [0.1, 0.15) is 5.57 Å². The Hall–Kier alpha value is -4.92. The zero-order valence-corrected chi connectivity index (χ0v) is 21.5. The lowest BCUT2D eigenvalue weighted by atomic mass is 10.0. The molecular weight excluding hydrogens is 486 g/mol. The van der Waals surface area contributed by atoms with E-state index in [-0.39, 0.29) is 18.1 Å². The molecule has 4 rings (SSSR count). The normalized spacial score (nSPS) is 14.4. The molecule has 1 saturated heterocycles. The number of para-hydroxylation sites is 1. The fraction of sp³-hybridized carbons (Fsp3) is 0.172. The third-order valence-electron chi connectivity index (χ3n) is 6.13. The monoisotopic (exact) mass is 513 g/mol. The van der Waals surface area contributed by atoms with E-state index in [0.29, 0.717) is 28.4 Å². The first kappa shape index (κ1) is 26.2. The molecule has 0 aromatic heterocycles. The van der Waals surface area contributed by atoms with Crippen molar-refractivity contribution in [1.82, 2.24) is 5.32 Å². The quantitative estimate of drug-likeness (QED) is 0.360. The van der Waals surface area contributed by atoms with Gasteiger partial charge in [-0.05, 0) is 79.4 Å². The van der Waals surface area contributed by atoms with Gasteiger partial charge in [-0.15, -0.1) is 0 Å². The number of hydrogen-bond donors (Lipinski definition) is 2. The van der Waals surface area contributed by atoms with Crippen molar-refractivity contribution in [3.63, 3.8) is 0 Å². The van der Waals surface area contributed by atoms with E-state index >= 15 is 0 Å². The number of barbiturate groups is 1. The molecule has 3 aromatic rings. The van der Waals surface area contributed by atoms with Gasteiger partial charge < -0.3 is 14.8 Å². The number of carbonyl (C=O) groups is 4. The Morgan fingerprint density at radius 2 is 1.68 bits per heavy atom. The summed E-state index contributed by atoms with van der Waals surface area (Å²) in [6, 6.07) is 16.5. The third kappa shape index (κ3) is 5.57. The Bertz CT molecular complexity index is 1480. The van der Waals surface area contributed by atoms with Gasteiger partial charge in [0.15, 0.2) is 18.1 Å². The van der Waals surface area contributed by atoms with Crippen LogP contribution in [0.15, 0.2) is 66.2 Å². The molecule has 1 fully saturated rings. The van der Waals surface area contributed by atoms with Gasteiger partial charge in [0.25, 0.3) is 17.7 Å². The van der Waals surface area contributed by atoms with Gasteiger partial charge in [0.05, 0.1) is 12.8 Å². The molecule has 3 aromatic carbocycles. The second-order valence-electron chi connectivity index (χ2n) is 8.79. The molecule has 1 aliphatic rings. The number of ether oxygens (including phenoxy) is 2. The van der Waals surface area contributed by atoms with Crippen LogP contribution in [0.5, 0.6) is 11.5 Å². The number of urea groups is 1. The van der Waals surface area contributed by atoms with Crippen LogP contribution < -0.4 is 25.0 Å². The number of rotatable bonds is 7. The van der Waals surface area contributed by atoms with E-state index in [9.17, 15) is 19.2 Å². The first-order valence-electron chi connectivity index (χ1n) is 11.8. The lowest BCUT2D eigenvalue weighted by Crippen LogP contribution is -2.54. The maximum absolute atomic E-state index is 13.2. The van der Waals surface area contributed by atoms with E-state index in [0.717, 1.165) is 21.6 Å². The van der Waals surface area contributed by atoms with E-state index in [2.05, 4.69) is 10.6 Å². The minimum Gasteiger partial charge on any atom is -0.493 e. The van der Waals surface area contributed by atoms with Gasteiger partial charge in [-0.1, -0.05) is 30.3 Å². The van der Waals surface area contributed by atoms with Gasteiger partial charge in [-0.2, -0.15) is 0 Å². The summed E-state index contributed by atoms with van der Waals surface area (Å²) in [5.74, 6) is -1.27. The standard InChI is InChI=1S/C29H27N3O6/c1-17-9-11-21(13-19(17)3)32-28(35)22(27(34)31-29(32)36)14-20-10-12-24(25(15-20)37-4)38-16-26(33)30-23-8-6-5-7-18(23)2/h5-15H,16H2,1-4H3,(H,30,33)(H,31,34,36)/b22-14-. The Balaban J connectivity index is 1.53. The number of nitrogens with one attached hydrogen (secondary N) is 2. The van der Waals surface area contributed by atoms with Gasteiger partial charge in [-0.25, -0.2) is 9.69 Å². The minimum atomic E-state index is -0.814. The summed E-state index contributed by atoms with van der Waals surface area (Å²) in [6.45, 7) is 5.43. The Labute approximate surface area is 220 Å². The predicted octanol–water partition coefficient (Wildman–Crippen LogP) is 4.30. The van der Waals surface area contributed by atoms with Crippen LogP contribution in [0.3, 0.4) is 0 Å². The lowest BCUT2D eigenvalue weighted by Gasteiger charge is -2.26. The molecule has 194 valence electrons. The summed E-state index contributed by atoms with van der Waals surface area (Å²) in [5, 5.41) is 5.01. The SMILES string of the molecule is COc1cc(/C=C2/C(=O)NC(=O)N(c3ccc(C)c(C)c3)C2=O)ccc1OCC(=O)Nc1ccccc1C. The molecule has 0 aliphatic carbocycles. The fourth-order valence-corrected chi connectivity index (χ4v) is 3.86. The summed E-state index contributed by atoms with van der Waals surface area (Å²) >= 11 is 0. The number of aryl methyl sites for hydroxylation is 3. The van der Waals surface area contributed by atoms with Crippen molar-refractivity contribution in [2.45, 2.75) is 20.8 Å².